The van der Waals surface area contributed by atoms with E-state index in [1.807, 2.05) is 48.7 Å². The maximum absolute atomic E-state index is 5.80. The minimum atomic E-state index is 0.351. The molecule has 2 N–H and O–H groups in total. The predicted molar refractivity (Wildman–Crippen MR) is 83.7 cm³/mol. The molecule has 0 aliphatic rings. The second kappa shape index (κ2) is 6.07. The Bertz CT molecular complexity index is 721. The van der Waals surface area contributed by atoms with Gasteiger partial charge in [0.1, 0.15) is 22.8 Å². The molecule has 0 spiro atoms. The van der Waals surface area contributed by atoms with Crippen molar-refractivity contribution in [3.63, 3.8) is 0 Å². The molecule has 0 atom stereocenters. The second-order valence-corrected chi connectivity index (χ2v) is 5.33. The Labute approximate surface area is 127 Å². The maximum atomic E-state index is 5.80. The van der Waals surface area contributed by atoms with Gasteiger partial charge in [-0.1, -0.05) is 23.4 Å². The normalized spacial score (nSPS) is 10.8. The lowest BCUT2D eigenvalue weighted by molar-refractivity contribution is 0.338. The van der Waals surface area contributed by atoms with Gasteiger partial charge in [-0.3, -0.25) is 0 Å². The van der Waals surface area contributed by atoms with Crippen LogP contribution < -0.4 is 10.5 Å². The van der Waals surface area contributed by atoms with Gasteiger partial charge in [0, 0.05) is 6.54 Å². The van der Waals surface area contributed by atoms with E-state index in [0.29, 0.717) is 13.2 Å². The minimum absolute atomic E-state index is 0.351. The molecule has 3 aromatic rings. The fraction of sp³-hybridized carbons (Fsp3) is 0.200. The zero-order valence-corrected chi connectivity index (χ0v) is 12.5. The number of nitrogens with zero attached hydrogens (tertiary/aromatic N) is 3. The van der Waals surface area contributed by atoms with E-state index in [4.69, 9.17) is 10.5 Å². The van der Waals surface area contributed by atoms with E-state index in [2.05, 4.69) is 10.3 Å². The molecule has 5 nitrogen and oxygen atoms in total. The molecule has 21 heavy (non-hydrogen) atoms. The quantitative estimate of drug-likeness (QED) is 0.787. The topological polar surface area (TPSA) is 66.0 Å². The fourth-order valence-electron chi connectivity index (χ4n) is 2.19. The maximum Gasteiger partial charge on any atom is 0.145 e. The number of hydrogen-bond acceptors (Lipinski definition) is 5. The zero-order valence-electron chi connectivity index (χ0n) is 11.7. The summed E-state index contributed by atoms with van der Waals surface area (Å²) in [7, 11) is 0. The van der Waals surface area contributed by atoms with Crippen molar-refractivity contribution in [2.45, 2.75) is 13.5 Å². The smallest absolute Gasteiger partial charge is 0.145 e. The van der Waals surface area contributed by atoms with E-state index in [9.17, 15) is 0 Å². The summed E-state index contributed by atoms with van der Waals surface area (Å²) in [5, 5.41) is 10.5. The Morgan fingerprint density at radius 3 is 2.81 bits per heavy atom. The summed E-state index contributed by atoms with van der Waals surface area (Å²) in [5.41, 5.74) is 8.38. The lowest BCUT2D eigenvalue weighted by atomic mass is 10.2. The first kappa shape index (κ1) is 13.8. The number of hydrogen-bond donors (Lipinski definition) is 1. The lowest BCUT2D eigenvalue weighted by Crippen LogP contribution is -2.04. The van der Waals surface area contributed by atoms with Crippen LogP contribution in [0.25, 0.3) is 16.3 Å². The van der Waals surface area contributed by atoms with Crippen molar-refractivity contribution in [1.29, 1.82) is 0 Å². The highest BCUT2D eigenvalue weighted by Gasteiger charge is 2.18. The first-order valence-electron chi connectivity index (χ1n) is 6.76. The summed E-state index contributed by atoms with van der Waals surface area (Å²) in [6.45, 7) is 2.91. The molecule has 3 rings (SSSR count). The lowest BCUT2D eigenvalue weighted by Gasteiger charge is -2.11. The van der Waals surface area contributed by atoms with Crippen molar-refractivity contribution >= 4 is 11.3 Å². The monoisotopic (exact) mass is 300 g/mol. The van der Waals surface area contributed by atoms with Crippen molar-refractivity contribution in [1.82, 2.24) is 15.0 Å². The fourth-order valence-corrected chi connectivity index (χ4v) is 2.97. The van der Waals surface area contributed by atoms with Crippen LogP contribution in [-0.4, -0.2) is 21.6 Å². The minimum Gasteiger partial charge on any atom is -0.492 e. The van der Waals surface area contributed by atoms with Gasteiger partial charge in [0.2, 0.25) is 0 Å². The highest BCUT2D eigenvalue weighted by molar-refractivity contribution is 7.13. The van der Waals surface area contributed by atoms with Gasteiger partial charge in [-0.15, -0.1) is 16.4 Å². The first-order valence-corrected chi connectivity index (χ1v) is 7.63. The molecule has 0 saturated carbocycles. The van der Waals surface area contributed by atoms with Crippen LogP contribution in [0, 0.1) is 0 Å². The Balaban J connectivity index is 2.18. The number of ether oxygens (including phenoxy) is 1. The molecule has 2 heterocycles. The van der Waals surface area contributed by atoms with E-state index in [-0.39, 0.29) is 0 Å². The van der Waals surface area contributed by atoms with Crippen LogP contribution in [0.3, 0.4) is 0 Å². The SMILES string of the molecule is CCOc1ccccc1-n1nnc(CN)c1-c1cccs1. The zero-order chi connectivity index (χ0) is 14.7. The van der Waals surface area contributed by atoms with Crippen molar-refractivity contribution in [2.24, 2.45) is 5.73 Å². The number of aromatic nitrogens is 3. The van der Waals surface area contributed by atoms with E-state index in [1.165, 1.54) is 0 Å². The van der Waals surface area contributed by atoms with Gasteiger partial charge >= 0.3 is 0 Å². The number of rotatable bonds is 5. The molecule has 0 saturated heterocycles. The van der Waals surface area contributed by atoms with Crippen molar-refractivity contribution in [3.05, 3.63) is 47.5 Å². The molecule has 0 radical (unpaired) electrons. The van der Waals surface area contributed by atoms with Crippen LogP contribution in [0.2, 0.25) is 0 Å². The molecule has 0 bridgehead atoms. The summed E-state index contributed by atoms with van der Waals surface area (Å²) in [6, 6.07) is 11.9. The highest BCUT2D eigenvalue weighted by Crippen LogP contribution is 2.32. The van der Waals surface area contributed by atoms with Crippen LogP contribution in [0.4, 0.5) is 0 Å². The molecule has 0 aliphatic heterocycles. The van der Waals surface area contributed by atoms with Crippen molar-refractivity contribution in [2.75, 3.05) is 6.61 Å². The molecule has 0 unspecified atom stereocenters. The molecule has 2 aromatic heterocycles. The van der Waals surface area contributed by atoms with Crippen molar-refractivity contribution < 1.29 is 4.74 Å². The van der Waals surface area contributed by atoms with Gasteiger partial charge < -0.3 is 10.5 Å². The molecular weight excluding hydrogens is 284 g/mol. The standard InChI is InChI=1S/C15H16N4OS/c1-2-20-13-7-4-3-6-12(13)19-15(11(10-16)17-18-19)14-8-5-9-21-14/h3-9H,2,10,16H2,1H3. The molecule has 0 aliphatic carbocycles. The molecule has 0 fully saturated rings. The van der Waals surface area contributed by atoms with Crippen molar-refractivity contribution in [3.8, 4) is 22.0 Å². The van der Waals surface area contributed by atoms with Gasteiger partial charge in [0.05, 0.1) is 11.5 Å². The van der Waals surface area contributed by atoms with Gasteiger partial charge in [0.25, 0.3) is 0 Å². The highest BCUT2D eigenvalue weighted by atomic mass is 32.1. The summed E-state index contributed by atoms with van der Waals surface area (Å²) in [6.07, 6.45) is 0. The number of thiophene rings is 1. The van der Waals surface area contributed by atoms with Crippen LogP contribution in [0.5, 0.6) is 5.75 Å². The largest absolute Gasteiger partial charge is 0.492 e. The van der Waals surface area contributed by atoms with E-state index in [0.717, 1.165) is 27.7 Å². The summed E-state index contributed by atoms with van der Waals surface area (Å²) >= 11 is 1.64. The summed E-state index contributed by atoms with van der Waals surface area (Å²) < 4.78 is 7.49. The van der Waals surface area contributed by atoms with Gasteiger partial charge in [-0.05, 0) is 30.5 Å². The molecule has 1 aromatic carbocycles. The molecule has 6 heteroatoms. The van der Waals surface area contributed by atoms with Gasteiger partial charge in [-0.25, -0.2) is 4.68 Å². The predicted octanol–water partition coefficient (Wildman–Crippen LogP) is 2.85. The van der Waals surface area contributed by atoms with Crippen LogP contribution >= 0.6 is 11.3 Å². The molecule has 108 valence electrons. The third-order valence-corrected chi connectivity index (χ3v) is 3.96. The van der Waals surface area contributed by atoms with Crippen LogP contribution in [-0.2, 0) is 6.54 Å². The Kier molecular flexibility index (Phi) is 3.98. The summed E-state index contributed by atoms with van der Waals surface area (Å²) in [4.78, 5) is 1.09. The Morgan fingerprint density at radius 1 is 1.24 bits per heavy atom. The third-order valence-electron chi connectivity index (χ3n) is 3.08. The van der Waals surface area contributed by atoms with E-state index in [1.54, 1.807) is 16.0 Å². The van der Waals surface area contributed by atoms with Gasteiger partial charge in [-0.2, -0.15) is 0 Å². The Hall–Kier alpha value is -2.18. The van der Waals surface area contributed by atoms with E-state index >= 15 is 0 Å². The van der Waals surface area contributed by atoms with Crippen LogP contribution in [0.1, 0.15) is 12.6 Å². The Morgan fingerprint density at radius 2 is 2.10 bits per heavy atom. The number of para-hydroxylation sites is 2. The first-order chi connectivity index (χ1) is 10.3. The molecule has 0 amide bonds. The van der Waals surface area contributed by atoms with E-state index < -0.39 is 0 Å². The van der Waals surface area contributed by atoms with Gasteiger partial charge in [0.15, 0.2) is 0 Å². The average molecular weight is 300 g/mol. The third kappa shape index (κ3) is 2.55. The summed E-state index contributed by atoms with van der Waals surface area (Å²) in [5.74, 6) is 0.784. The number of nitrogens with two attached hydrogens (primary N) is 1. The molecular formula is C15H16N4OS. The number of benzene rings is 1. The van der Waals surface area contributed by atoms with Crippen LogP contribution in [0.15, 0.2) is 41.8 Å². The second-order valence-electron chi connectivity index (χ2n) is 4.38. The average Bonchev–Trinajstić information content (AvgIpc) is 3.16.